The minimum atomic E-state index is 0.0753. The number of hydrogen-bond acceptors (Lipinski definition) is 3. The Kier molecular flexibility index (Phi) is 5.04. The van der Waals surface area contributed by atoms with Gasteiger partial charge in [-0.1, -0.05) is 36.4 Å². The van der Waals surface area contributed by atoms with E-state index < -0.39 is 0 Å². The summed E-state index contributed by atoms with van der Waals surface area (Å²) in [6.07, 6.45) is 2.88. The molecule has 0 bridgehead atoms. The quantitative estimate of drug-likeness (QED) is 0.785. The van der Waals surface area contributed by atoms with Gasteiger partial charge in [-0.25, -0.2) is 0 Å². The van der Waals surface area contributed by atoms with Crippen molar-refractivity contribution in [3.05, 3.63) is 60.7 Å². The van der Waals surface area contributed by atoms with E-state index in [9.17, 15) is 4.79 Å². The van der Waals surface area contributed by atoms with Gasteiger partial charge in [0.15, 0.2) is 0 Å². The second-order valence-electron chi connectivity index (χ2n) is 5.18. The smallest absolute Gasteiger partial charge is 0.147 e. The van der Waals surface area contributed by atoms with Crippen LogP contribution in [-0.2, 0) is 4.79 Å². The van der Waals surface area contributed by atoms with Crippen molar-refractivity contribution in [3.63, 3.8) is 0 Å². The summed E-state index contributed by atoms with van der Waals surface area (Å²) in [4.78, 5) is 14.8. The molecule has 0 saturated heterocycles. The number of hydrogen-bond donors (Lipinski definition) is 0. The highest BCUT2D eigenvalue weighted by atomic mass is 32.2. The summed E-state index contributed by atoms with van der Waals surface area (Å²) < 4.78 is 0. The first-order chi connectivity index (χ1) is 10.3. The van der Waals surface area contributed by atoms with Crippen LogP contribution < -0.4 is 0 Å². The number of carbonyl (C=O) groups excluding carboxylic acids is 1. The van der Waals surface area contributed by atoms with Gasteiger partial charge in [0, 0.05) is 21.5 Å². The maximum absolute atomic E-state index is 12.4. The third-order valence-electron chi connectivity index (χ3n) is 3.60. The Labute approximate surface area is 134 Å². The highest BCUT2D eigenvalue weighted by molar-refractivity contribution is 8.04. The van der Waals surface area contributed by atoms with Crippen LogP contribution in [0.15, 0.2) is 70.5 Å². The molecule has 0 aliphatic heterocycles. The second kappa shape index (κ2) is 7.19. The molecule has 0 spiro atoms. The summed E-state index contributed by atoms with van der Waals surface area (Å²) in [6.45, 7) is 0. The van der Waals surface area contributed by atoms with Gasteiger partial charge in [0.05, 0.1) is 5.25 Å². The Hall–Kier alpha value is -1.19. The maximum atomic E-state index is 12.4. The topological polar surface area (TPSA) is 17.1 Å². The van der Waals surface area contributed by atoms with Crippen LogP contribution >= 0.6 is 23.5 Å². The van der Waals surface area contributed by atoms with Crippen LogP contribution in [0, 0.1) is 0 Å². The Bertz CT molecular complexity index is 583. The molecule has 1 fully saturated rings. The van der Waals surface area contributed by atoms with Crippen molar-refractivity contribution in [1.82, 2.24) is 0 Å². The van der Waals surface area contributed by atoms with Gasteiger partial charge < -0.3 is 0 Å². The molecule has 1 aliphatic rings. The Morgan fingerprint density at radius 3 is 2.00 bits per heavy atom. The predicted molar refractivity (Wildman–Crippen MR) is 91.0 cm³/mol. The van der Waals surface area contributed by atoms with E-state index in [0.717, 1.165) is 19.3 Å². The molecule has 21 heavy (non-hydrogen) atoms. The molecule has 1 aliphatic carbocycles. The van der Waals surface area contributed by atoms with Crippen molar-refractivity contribution in [2.24, 2.45) is 0 Å². The van der Waals surface area contributed by atoms with Crippen LogP contribution in [0.2, 0.25) is 0 Å². The number of ketones is 1. The molecule has 0 amide bonds. The molecule has 2 aromatic rings. The summed E-state index contributed by atoms with van der Waals surface area (Å²) in [6, 6.07) is 20.7. The van der Waals surface area contributed by atoms with Gasteiger partial charge in [0.1, 0.15) is 5.78 Å². The van der Waals surface area contributed by atoms with E-state index in [1.165, 1.54) is 9.79 Å². The van der Waals surface area contributed by atoms with Crippen LogP contribution in [0.25, 0.3) is 0 Å². The molecule has 3 rings (SSSR count). The van der Waals surface area contributed by atoms with Crippen molar-refractivity contribution in [2.45, 2.75) is 39.6 Å². The van der Waals surface area contributed by atoms with Crippen LogP contribution in [0.5, 0.6) is 0 Å². The summed E-state index contributed by atoms with van der Waals surface area (Å²) >= 11 is 3.58. The first kappa shape index (κ1) is 14.7. The van der Waals surface area contributed by atoms with E-state index in [1.807, 2.05) is 36.0 Å². The van der Waals surface area contributed by atoms with Crippen LogP contribution in [0.4, 0.5) is 0 Å². The van der Waals surface area contributed by atoms with E-state index in [2.05, 4.69) is 36.4 Å². The van der Waals surface area contributed by atoms with Crippen molar-refractivity contribution < 1.29 is 4.79 Å². The molecular weight excluding hydrogens is 296 g/mol. The number of benzene rings is 2. The number of carbonyl (C=O) groups is 1. The molecular formula is C18H18OS2. The molecule has 108 valence electrons. The SMILES string of the molecule is O=C1CCCC(Sc2ccccc2)C1Sc1ccccc1. The van der Waals surface area contributed by atoms with E-state index in [1.54, 1.807) is 11.8 Å². The van der Waals surface area contributed by atoms with E-state index in [0.29, 0.717) is 11.0 Å². The molecule has 0 radical (unpaired) electrons. The molecule has 0 heterocycles. The fourth-order valence-electron chi connectivity index (χ4n) is 2.56. The molecule has 2 aromatic carbocycles. The number of thioether (sulfide) groups is 2. The lowest BCUT2D eigenvalue weighted by Crippen LogP contribution is -2.33. The van der Waals surface area contributed by atoms with E-state index >= 15 is 0 Å². The summed E-state index contributed by atoms with van der Waals surface area (Å²) in [5.74, 6) is 0.406. The summed E-state index contributed by atoms with van der Waals surface area (Å²) in [5, 5.41) is 0.449. The fourth-order valence-corrected chi connectivity index (χ4v) is 5.26. The van der Waals surface area contributed by atoms with Crippen molar-refractivity contribution in [2.75, 3.05) is 0 Å². The van der Waals surface area contributed by atoms with Crippen molar-refractivity contribution >= 4 is 29.3 Å². The second-order valence-corrected chi connectivity index (χ2v) is 7.71. The highest BCUT2D eigenvalue weighted by Gasteiger charge is 2.33. The minimum Gasteiger partial charge on any atom is -0.298 e. The zero-order valence-corrected chi connectivity index (χ0v) is 13.4. The Morgan fingerprint density at radius 1 is 0.810 bits per heavy atom. The van der Waals surface area contributed by atoms with Gasteiger partial charge in [0.25, 0.3) is 0 Å². The predicted octanol–water partition coefficient (Wildman–Crippen LogP) is 5.06. The van der Waals surface area contributed by atoms with Crippen molar-refractivity contribution in [1.29, 1.82) is 0 Å². The van der Waals surface area contributed by atoms with Gasteiger partial charge in [0.2, 0.25) is 0 Å². The van der Waals surface area contributed by atoms with Crippen molar-refractivity contribution in [3.8, 4) is 0 Å². The normalized spacial score (nSPS) is 22.2. The lowest BCUT2D eigenvalue weighted by molar-refractivity contribution is -0.119. The monoisotopic (exact) mass is 314 g/mol. The van der Waals surface area contributed by atoms with E-state index in [4.69, 9.17) is 0 Å². The highest BCUT2D eigenvalue weighted by Crippen LogP contribution is 2.40. The number of Topliss-reactive ketones (excluding diaryl/α,β-unsaturated/α-hetero) is 1. The number of rotatable bonds is 4. The zero-order valence-electron chi connectivity index (χ0n) is 11.8. The standard InChI is InChI=1S/C18H18OS2/c19-16-12-7-13-17(20-14-8-3-1-4-9-14)18(16)21-15-10-5-2-6-11-15/h1-6,8-11,17-18H,7,12-13H2. The largest absolute Gasteiger partial charge is 0.298 e. The third-order valence-corrected chi connectivity index (χ3v) is 6.52. The summed E-state index contributed by atoms with van der Waals surface area (Å²) in [7, 11) is 0. The first-order valence-corrected chi connectivity index (χ1v) is 9.05. The molecule has 3 heteroatoms. The first-order valence-electron chi connectivity index (χ1n) is 7.29. The van der Waals surface area contributed by atoms with Gasteiger partial charge in [-0.3, -0.25) is 4.79 Å². The van der Waals surface area contributed by atoms with Gasteiger partial charge >= 0.3 is 0 Å². The van der Waals surface area contributed by atoms with Crippen LogP contribution in [0.3, 0.4) is 0 Å². The fraction of sp³-hybridized carbons (Fsp3) is 0.278. The minimum absolute atomic E-state index is 0.0753. The Morgan fingerprint density at radius 2 is 1.38 bits per heavy atom. The van der Waals surface area contributed by atoms with E-state index in [-0.39, 0.29) is 5.25 Å². The van der Waals surface area contributed by atoms with Gasteiger partial charge in [-0.2, -0.15) is 0 Å². The summed E-state index contributed by atoms with van der Waals surface area (Å²) in [5.41, 5.74) is 0. The maximum Gasteiger partial charge on any atom is 0.147 e. The Balaban J connectivity index is 1.75. The molecule has 0 N–H and O–H groups in total. The molecule has 2 unspecified atom stereocenters. The zero-order chi connectivity index (χ0) is 14.5. The van der Waals surface area contributed by atoms with Gasteiger partial charge in [-0.15, -0.1) is 23.5 Å². The van der Waals surface area contributed by atoms with Crippen LogP contribution in [-0.4, -0.2) is 16.3 Å². The van der Waals surface area contributed by atoms with Crippen LogP contribution in [0.1, 0.15) is 19.3 Å². The molecule has 1 saturated carbocycles. The average Bonchev–Trinajstić information content (AvgIpc) is 2.53. The van der Waals surface area contributed by atoms with Gasteiger partial charge in [-0.05, 0) is 37.1 Å². The lowest BCUT2D eigenvalue weighted by atomic mass is 9.98. The molecule has 2 atom stereocenters. The molecule has 1 nitrogen and oxygen atoms in total. The lowest BCUT2D eigenvalue weighted by Gasteiger charge is -2.29. The average molecular weight is 314 g/mol. The third kappa shape index (κ3) is 3.92. The molecule has 0 aromatic heterocycles.